The van der Waals surface area contributed by atoms with Crippen LogP contribution in [0.5, 0.6) is 5.75 Å². The summed E-state index contributed by atoms with van der Waals surface area (Å²) in [6.07, 6.45) is 3.79. The smallest absolute Gasteiger partial charge is 0.253 e. The molecule has 1 saturated carbocycles. The molecule has 1 aliphatic carbocycles. The number of benzene rings is 1. The Morgan fingerprint density at radius 2 is 1.94 bits per heavy atom. The molecular formula is C25H29FN4O5. The number of nitrogens with zero attached hydrogens (tertiary/aromatic N) is 2. The molecule has 4 rings (SSSR count). The summed E-state index contributed by atoms with van der Waals surface area (Å²) >= 11 is 0. The third-order valence-electron chi connectivity index (χ3n) is 6.65. The number of halogens is 1. The molecule has 4 N–H and O–H groups in total. The van der Waals surface area contributed by atoms with Crippen molar-refractivity contribution in [2.75, 3.05) is 24.5 Å². The number of aromatic nitrogens is 1. The van der Waals surface area contributed by atoms with Crippen LogP contribution in [0.3, 0.4) is 0 Å². The van der Waals surface area contributed by atoms with Crippen molar-refractivity contribution in [1.29, 1.82) is 0 Å². The molecule has 1 saturated heterocycles. The summed E-state index contributed by atoms with van der Waals surface area (Å²) in [5.74, 6) is -1.93. The minimum absolute atomic E-state index is 0.0948. The lowest BCUT2D eigenvalue weighted by Crippen LogP contribution is -2.50. The van der Waals surface area contributed by atoms with Crippen LogP contribution in [0, 0.1) is 11.7 Å². The maximum absolute atomic E-state index is 14.4. The molecule has 0 bridgehead atoms. The van der Waals surface area contributed by atoms with E-state index < -0.39 is 29.2 Å². The lowest BCUT2D eigenvalue weighted by atomic mass is 9.94. The average molecular weight is 485 g/mol. The predicted octanol–water partition coefficient (Wildman–Crippen LogP) is 1.78. The number of aliphatic hydroxyl groups excluding tert-OH is 1. The first-order valence-electron chi connectivity index (χ1n) is 11.7. The zero-order valence-electron chi connectivity index (χ0n) is 19.5. The SMILES string of the molecule is CC(O)C(=O)c1c(F)cccc1N1CCC(CNC(=O)C2(NC(=O)c3cncc(O)c3)CC2)CC1. The van der Waals surface area contributed by atoms with E-state index in [4.69, 9.17) is 0 Å². The topological polar surface area (TPSA) is 132 Å². The Morgan fingerprint density at radius 3 is 2.57 bits per heavy atom. The first kappa shape index (κ1) is 24.6. The van der Waals surface area contributed by atoms with Crippen LogP contribution >= 0.6 is 0 Å². The quantitative estimate of drug-likeness (QED) is 0.420. The maximum Gasteiger partial charge on any atom is 0.253 e. The fourth-order valence-electron chi connectivity index (χ4n) is 4.39. The van der Waals surface area contributed by atoms with Gasteiger partial charge in [-0.25, -0.2) is 4.39 Å². The van der Waals surface area contributed by atoms with Gasteiger partial charge < -0.3 is 25.7 Å². The number of hydrogen-bond acceptors (Lipinski definition) is 7. The van der Waals surface area contributed by atoms with Crippen LogP contribution in [0.15, 0.2) is 36.7 Å². The Hall–Kier alpha value is -3.53. The van der Waals surface area contributed by atoms with E-state index in [1.54, 1.807) is 12.1 Å². The Bertz CT molecular complexity index is 1130. The third-order valence-corrected chi connectivity index (χ3v) is 6.65. The number of amides is 2. The number of aliphatic hydroxyl groups is 1. The van der Waals surface area contributed by atoms with Crippen LogP contribution in [0.1, 0.15) is 53.3 Å². The number of ketones is 1. The second-order valence-electron chi connectivity index (χ2n) is 9.28. The largest absolute Gasteiger partial charge is 0.506 e. The molecular weight excluding hydrogens is 455 g/mol. The van der Waals surface area contributed by atoms with E-state index in [0.29, 0.717) is 38.2 Å². The highest BCUT2D eigenvalue weighted by atomic mass is 19.1. The molecule has 2 aliphatic rings. The second-order valence-corrected chi connectivity index (χ2v) is 9.28. The van der Waals surface area contributed by atoms with E-state index >= 15 is 0 Å². The van der Waals surface area contributed by atoms with Gasteiger partial charge in [-0.15, -0.1) is 0 Å². The van der Waals surface area contributed by atoms with Gasteiger partial charge in [0, 0.05) is 25.8 Å². The maximum atomic E-state index is 14.4. The highest BCUT2D eigenvalue weighted by molar-refractivity contribution is 6.04. The number of aromatic hydroxyl groups is 1. The zero-order chi connectivity index (χ0) is 25.2. The number of rotatable bonds is 8. The minimum Gasteiger partial charge on any atom is -0.506 e. The Labute approximate surface area is 202 Å². The lowest BCUT2D eigenvalue weighted by Gasteiger charge is -2.35. The van der Waals surface area contributed by atoms with Crippen molar-refractivity contribution in [2.45, 2.75) is 44.2 Å². The normalized spacial score (nSPS) is 18.0. The molecule has 0 spiro atoms. The Kier molecular flexibility index (Phi) is 7.02. The number of piperidine rings is 1. The molecule has 1 unspecified atom stereocenters. The summed E-state index contributed by atoms with van der Waals surface area (Å²) in [4.78, 5) is 43.3. The number of carbonyl (C=O) groups is 3. The van der Waals surface area contributed by atoms with Gasteiger partial charge >= 0.3 is 0 Å². The zero-order valence-corrected chi connectivity index (χ0v) is 19.5. The monoisotopic (exact) mass is 484 g/mol. The molecule has 1 aromatic heterocycles. The molecule has 1 atom stereocenters. The fourth-order valence-corrected chi connectivity index (χ4v) is 4.39. The summed E-state index contributed by atoms with van der Waals surface area (Å²) in [6.45, 7) is 2.93. The molecule has 0 radical (unpaired) electrons. The summed E-state index contributed by atoms with van der Waals surface area (Å²) in [6, 6.07) is 5.74. The van der Waals surface area contributed by atoms with Crippen LogP contribution in [0.25, 0.3) is 0 Å². The number of pyridine rings is 1. The van der Waals surface area contributed by atoms with Crippen molar-refractivity contribution in [3.05, 3.63) is 53.6 Å². The van der Waals surface area contributed by atoms with E-state index in [0.717, 1.165) is 12.8 Å². The number of carbonyl (C=O) groups excluding carboxylic acids is 3. The molecule has 186 valence electrons. The Morgan fingerprint density at radius 1 is 1.23 bits per heavy atom. The van der Waals surface area contributed by atoms with Crippen molar-refractivity contribution in [3.8, 4) is 5.75 Å². The van der Waals surface area contributed by atoms with Gasteiger partial charge in [0.15, 0.2) is 5.78 Å². The highest BCUT2D eigenvalue weighted by Crippen LogP contribution is 2.36. The van der Waals surface area contributed by atoms with Crippen LogP contribution < -0.4 is 15.5 Å². The van der Waals surface area contributed by atoms with Gasteiger partial charge in [-0.1, -0.05) is 6.07 Å². The number of anilines is 1. The molecule has 9 nitrogen and oxygen atoms in total. The number of nitrogens with one attached hydrogen (secondary N) is 2. The molecule has 2 fully saturated rings. The van der Waals surface area contributed by atoms with Gasteiger partial charge in [-0.2, -0.15) is 0 Å². The summed E-state index contributed by atoms with van der Waals surface area (Å²) in [5, 5.41) is 24.9. The van der Waals surface area contributed by atoms with Gasteiger partial charge in [-0.3, -0.25) is 19.4 Å². The summed E-state index contributed by atoms with van der Waals surface area (Å²) in [5.41, 5.74) is -0.384. The van der Waals surface area contributed by atoms with Crippen LogP contribution in [-0.2, 0) is 4.79 Å². The van der Waals surface area contributed by atoms with Crippen LogP contribution in [-0.4, -0.2) is 64.1 Å². The molecule has 1 aliphatic heterocycles. The van der Waals surface area contributed by atoms with E-state index in [2.05, 4.69) is 15.6 Å². The first-order chi connectivity index (χ1) is 16.7. The first-order valence-corrected chi connectivity index (χ1v) is 11.7. The summed E-state index contributed by atoms with van der Waals surface area (Å²) < 4.78 is 14.4. The molecule has 1 aromatic carbocycles. The van der Waals surface area contributed by atoms with E-state index in [1.807, 2.05) is 4.90 Å². The van der Waals surface area contributed by atoms with Gasteiger partial charge in [0.05, 0.1) is 23.0 Å². The van der Waals surface area contributed by atoms with Gasteiger partial charge in [-0.05, 0) is 56.7 Å². The van der Waals surface area contributed by atoms with Crippen LogP contribution in [0.2, 0.25) is 0 Å². The highest BCUT2D eigenvalue weighted by Gasteiger charge is 2.51. The molecule has 35 heavy (non-hydrogen) atoms. The fraction of sp³-hybridized carbons (Fsp3) is 0.440. The number of hydrogen-bond donors (Lipinski definition) is 4. The number of Topliss-reactive ketones (excluding diaryl/α,β-unsaturated/α-hetero) is 1. The van der Waals surface area contributed by atoms with Crippen molar-refractivity contribution in [3.63, 3.8) is 0 Å². The average Bonchev–Trinajstić information content (AvgIpc) is 3.63. The van der Waals surface area contributed by atoms with Crippen molar-refractivity contribution >= 4 is 23.3 Å². The molecule has 10 heteroatoms. The lowest BCUT2D eigenvalue weighted by molar-refractivity contribution is -0.124. The van der Waals surface area contributed by atoms with Crippen molar-refractivity contribution in [2.24, 2.45) is 5.92 Å². The third kappa shape index (κ3) is 5.43. The second kappa shape index (κ2) is 9.99. The molecule has 2 amide bonds. The van der Waals surface area contributed by atoms with Crippen LogP contribution in [0.4, 0.5) is 10.1 Å². The van der Waals surface area contributed by atoms with E-state index in [9.17, 15) is 29.0 Å². The van der Waals surface area contributed by atoms with Gasteiger partial charge in [0.2, 0.25) is 5.91 Å². The molecule has 2 heterocycles. The van der Waals surface area contributed by atoms with Crippen molar-refractivity contribution < 1.29 is 29.0 Å². The Balaban J connectivity index is 1.30. The summed E-state index contributed by atoms with van der Waals surface area (Å²) in [7, 11) is 0. The van der Waals surface area contributed by atoms with E-state index in [-0.39, 0.29) is 28.7 Å². The van der Waals surface area contributed by atoms with Gasteiger partial charge in [0.1, 0.15) is 23.2 Å². The van der Waals surface area contributed by atoms with E-state index in [1.165, 1.54) is 31.5 Å². The van der Waals surface area contributed by atoms with Crippen molar-refractivity contribution in [1.82, 2.24) is 15.6 Å². The predicted molar refractivity (Wildman–Crippen MR) is 126 cm³/mol. The minimum atomic E-state index is -1.29. The van der Waals surface area contributed by atoms with Gasteiger partial charge in [0.25, 0.3) is 5.91 Å². The molecule has 2 aromatic rings. The standard InChI is InChI=1S/C25H29FN4O5/c1-15(31)22(33)21-19(26)3-2-4-20(21)30-9-5-16(6-10-30)12-28-24(35)25(7-8-25)29-23(34)17-11-18(32)14-27-13-17/h2-4,11,13-16,31-32H,5-10,12H2,1H3,(H,28,35)(H,29,34).